The van der Waals surface area contributed by atoms with E-state index in [1.54, 1.807) is 0 Å². The van der Waals surface area contributed by atoms with Crippen molar-refractivity contribution in [3.63, 3.8) is 0 Å². The molecule has 0 heterocycles. The van der Waals surface area contributed by atoms with Crippen molar-refractivity contribution in [3.8, 4) is 0 Å². The van der Waals surface area contributed by atoms with Crippen LogP contribution < -0.4 is 10.6 Å². The van der Waals surface area contributed by atoms with Gasteiger partial charge in [0.05, 0.1) is 19.3 Å². The number of carbonyl (C=O) groups is 1. The molecular weight excluding hydrogens is 216 g/mol. The molecule has 0 saturated heterocycles. The lowest BCUT2D eigenvalue weighted by Crippen LogP contribution is -2.41. The summed E-state index contributed by atoms with van der Waals surface area (Å²) in [5.41, 5.74) is 0. The molecule has 0 unspecified atom stereocenters. The maximum Gasteiger partial charge on any atom is 0.234 e. The van der Waals surface area contributed by atoms with Gasteiger partial charge in [0.25, 0.3) is 0 Å². The Balaban J connectivity index is 1.97. The Morgan fingerprint density at radius 2 is 2.00 bits per heavy atom. The molecule has 0 aromatic heterocycles. The molecule has 4 heteroatoms. The van der Waals surface area contributed by atoms with Gasteiger partial charge in [0.15, 0.2) is 0 Å². The first-order valence-electron chi connectivity index (χ1n) is 6.80. The van der Waals surface area contributed by atoms with E-state index in [0.29, 0.717) is 19.2 Å². The Hall–Kier alpha value is -0.610. The maximum absolute atomic E-state index is 11.6. The molecule has 0 aromatic carbocycles. The van der Waals surface area contributed by atoms with Gasteiger partial charge in [0.1, 0.15) is 0 Å². The summed E-state index contributed by atoms with van der Waals surface area (Å²) in [7, 11) is 0. The second-order valence-corrected chi connectivity index (χ2v) is 5.00. The van der Waals surface area contributed by atoms with Gasteiger partial charge >= 0.3 is 0 Å². The number of amides is 1. The first-order valence-corrected chi connectivity index (χ1v) is 6.80. The minimum Gasteiger partial charge on any atom is -0.377 e. The van der Waals surface area contributed by atoms with Crippen molar-refractivity contribution >= 4 is 5.91 Å². The molecule has 0 radical (unpaired) electrons. The highest BCUT2D eigenvalue weighted by Gasteiger charge is 2.14. The molecule has 1 saturated carbocycles. The van der Waals surface area contributed by atoms with E-state index >= 15 is 0 Å². The second kappa shape index (κ2) is 8.48. The van der Waals surface area contributed by atoms with Gasteiger partial charge in [0, 0.05) is 12.6 Å². The van der Waals surface area contributed by atoms with Gasteiger partial charge in [-0.3, -0.25) is 4.79 Å². The number of rotatable bonds is 7. The highest BCUT2D eigenvalue weighted by Crippen LogP contribution is 2.16. The number of hydrogen-bond donors (Lipinski definition) is 2. The summed E-state index contributed by atoms with van der Waals surface area (Å²) in [6.45, 7) is 5.81. The number of hydrogen-bond acceptors (Lipinski definition) is 3. The lowest BCUT2D eigenvalue weighted by atomic mass is 9.95. The minimum atomic E-state index is 0.112. The lowest BCUT2D eigenvalue weighted by molar-refractivity contribution is -0.121. The standard InChI is InChI=1S/C13H26N2O2/c1-11(2)17-9-8-14-10-13(16)15-12-6-4-3-5-7-12/h11-12,14H,3-10H2,1-2H3,(H,15,16). The summed E-state index contributed by atoms with van der Waals surface area (Å²) in [5.74, 6) is 0.112. The number of nitrogens with one attached hydrogen (secondary N) is 2. The largest absolute Gasteiger partial charge is 0.377 e. The molecule has 2 N–H and O–H groups in total. The maximum atomic E-state index is 11.6. The summed E-state index contributed by atoms with van der Waals surface area (Å²) >= 11 is 0. The molecule has 100 valence electrons. The van der Waals surface area contributed by atoms with Crippen LogP contribution in [0.1, 0.15) is 46.0 Å². The molecule has 0 atom stereocenters. The van der Waals surface area contributed by atoms with Crippen LogP contribution in [0.4, 0.5) is 0 Å². The number of carbonyl (C=O) groups excluding carboxylic acids is 1. The SMILES string of the molecule is CC(C)OCCNCC(=O)NC1CCCCC1. The molecule has 0 spiro atoms. The van der Waals surface area contributed by atoms with Gasteiger partial charge in [-0.15, -0.1) is 0 Å². The minimum absolute atomic E-state index is 0.112. The predicted molar refractivity (Wildman–Crippen MR) is 69.0 cm³/mol. The van der Waals surface area contributed by atoms with Gasteiger partial charge in [-0.05, 0) is 26.7 Å². The zero-order valence-electron chi connectivity index (χ0n) is 11.1. The molecule has 1 rings (SSSR count). The predicted octanol–water partition coefficient (Wildman–Crippen LogP) is 1.45. The van der Waals surface area contributed by atoms with Gasteiger partial charge in [-0.25, -0.2) is 0 Å². The van der Waals surface area contributed by atoms with E-state index in [4.69, 9.17) is 4.74 Å². The number of ether oxygens (including phenoxy) is 1. The normalized spacial score (nSPS) is 17.4. The zero-order valence-corrected chi connectivity index (χ0v) is 11.1. The summed E-state index contributed by atoms with van der Waals surface area (Å²) in [5, 5.41) is 6.17. The fourth-order valence-corrected chi connectivity index (χ4v) is 2.09. The zero-order chi connectivity index (χ0) is 12.5. The molecule has 0 bridgehead atoms. The Morgan fingerprint density at radius 1 is 1.29 bits per heavy atom. The molecule has 1 aliphatic rings. The van der Waals surface area contributed by atoms with Crippen molar-refractivity contribution in [2.75, 3.05) is 19.7 Å². The monoisotopic (exact) mass is 242 g/mol. The van der Waals surface area contributed by atoms with E-state index in [9.17, 15) is 4.79 Å². The fourth-order valence-electron chi connectivity index (χ4n) is 2.09. The van der Waals surface area contributed by atoms with Gasteiger partial charge in [0.2, 0.25) is 5.91 Å². The highest BCUT2D eigenvalue weighted by atomic mass is 16.5. The molecule has 0 aromatic rings. The van der Waals surface area contributed by atoms with Crippen molar-refractivity contribution < 1.29 is 9.53 Å². The van der Waals surface area contributed by atoms with Crippen LogP contribution in [0.25, 0.3) is 0 Å². The van der Waals surface area contributed by atoms with E-state index in [2.05, 4.69) is 10.6 Å². The van der Waals surface area contributed by atoms with Crippen LogP contribution in [-0.4, -0.2) is 37.7 Å². The Kier molecular flexibility index (Phi) is 7.21. The van der Waals surface area contributed by atoms with Crippen LogP contribution in [0.3, 0.4) is 0 Å². The third-order valence-corrected chi connectivity index (χ3v) is 2.99. The smallest absolute Gasteiger partial charge is 0.234 e. The van der Waals surface area contributed by atoms with E-state index in [-0.39, 0.29) is 12.0 Å². The molecule has 1 fully saturated rings. The topological polar surface area (TPSA) is 50.4 Å². The summed E-state index contributed by atoms with van der Waals surface area (Å²) < 4.78 is 5.38. The molecular formula is C13H26N2O2. The Labute approximate surface area is 104 Å². The van der Waals surface area contributed by atoms with E-state index in [1.807, 2.05) is 13.8 Å². The van der Waals surface area contributed by atoms with Crippen LogP contribution in [0, 0.1) is 0 Å². The fraction of sp³-hybridized carbons (Fsp3) is 0.923. The van der Waals surface area contributed by atoms with Crippen LogP contribution in [-0.2, 0) is 9.53 Å². The van der Waals surface area contributed by atoms with Crippen molar-refractivity contribution in [1.82, 2.24) is 10.6 Å². The summed E-state index contributed by atoms with van der Waals surface area (Å²) in [6, 6.07) is 0.407. The Bertz CT molecular complexity index is 213. The highest BCUT2D eigenvalue weighted by molar-refractivity contribution is 5.78. The van der Waals surface area contributed by atoms with Crippen molar-refractivity contribution in [2.45, 2.75) is 58.1 Å². The molecule has 0 aliphatic heterocycles. The average Bonchev–Trinajstić information content (AvgIpc) is 2.29. The van der Waals surface area contributed by atoms with Gasteiger partial charge < -0.3 is 15.4 Å². The third-order valence-electron chi connectivity index (χ3n) is 2.99. The molecule has 1 amide bonds. The van der Waals surface area contributed by atoms with Crippen molar-refractivity contribution in [2.24, 2.45) is 0 Å². The van der Waals surface area contributed by atoms with Crippen LogP contribution in [0.15, 0.2) is 0 Å². The van der Waals surface area contributed by atoms with Gasteiger partial charge in [-0.1, -0.05) is 19.3 Å². The average molecular weight is 242 g/mol. The van der Waals surface area contributed by atoms with Crippen LogP contribution in [0.2, 0.25) is 0 Å². The van der Waals surface area contributed by atoms with Crippen molar-refractivity contribution in [3.05, 3.63) is 0 Å². The quantitative estimate of drug-likeness (QED) is 0.664. The third kappa shape index (κ3) is 7.34. The van der Waals surface area contributed by atoms with E-state index < -0.39 is 0 Å². The lowest BCUT2D eigenvalue weighted by Gasteiger charge is -2.22. The molecule has 4 nitrogen and oxygen atoms in total. The molecule has 1 aliphatic carbocycles. The second-order valence-electron chi connectivity index (χ2n) is 5.00. The van der Waals surface area contributed by atoms with Crippen molar-refractivity contribution in [1.29, 1.82) is 0 Å². The molecule has 17 heavy (non-hydrogen) atoms. The first-order chi connectivity index (χ1) is 8.18. The van der Waals surface area contributed by atoms with Crippen LogP contribution in [0.5, 0.6) is 0 Å². The Morgan fingerprint density at radius 3 is 2.65 bits per heavy atom. The van der Waals surface area contributed by atoms with Crippen LogP contribution >= 0.6 is 0 Å². The van der Waals surface area contributed by atoms with E-state index in [1.165, 1.54) is 19.3 Å². The summed E-state index contributed by atoms with van der Waals surface area (Å²) in [4.78, 5) is 11.6. The van der Waals surface area contributed by atoms with E-state index in [0.717, 1.165) is 19.4 Å². The summed E-state index contributed by atoms with van der Waals surface area (Å²) in [6.07, 6.45) is 6.36. The first kappa shape index (κ1) is 14.5. The van der Waals surface area contributed by atoms with Gasteiger partial charge in [-0.2, -0.15) is 0 Å².